The lowest BCUT2D eigenvalue weighted by atomic mass is 9.94. The fraction of sp³-hybridized carbons (Fsp3) is 0.562. The molecule has 2 unspecified atom stereocenters. The molecule has 0 radical (unpaired) electrons. The van der Waals surface area contributed by atoms with E-state index in [0.29, 0.717) is 11.9 Å². The third kappa shape index (κ3) is 2.39. The first kappa shape index (κ1) is 12.7. The van der Waals surface area contributed by atoms with Crippen LogP contribution in [0, 0.1) is 19.8 Å². The summed E-state index contributed by atoms with van der Waals surface area (Å²) in [5.41, 5.74) is 3.86. The number of hydrogen-bond donors (Lipinski definition) is 1. The third-order valence-corrected chi connectivity index (χ3v) is 4.57. The minimum atomic E-state index is 0.222. The number of nitrogens with one attached hydrogen (secondary N) is 1. The lowest BCUT2D eigenvalue weighted by Crippen LogP contribution is -2.41. The maximum absolute atomic E-state index is 12.4. The van der Waals surface area contributed by atoms with Crippen LogP contribution < -0.4 is 5.32 Å². The van der Waals surface area contributed by atoms with Gasteiger partial charge in [-0.3, -0.25) is 4.79 Å². The molecule has 0 spiro atoms. The molecule has 102 valence electrons. The molecule has 0 aromatic heterocycles. The number of likely N-dealkylation sites (tertiary alicyclic amines) is 1. The van der Waals surface area contributed by atoms with Gasteiger partial charge in [-0.1, -0.05) is 18.2 Å². The molecule has 3 nitrogen and oxygen atoms in total. The molecule has 3 heteroatoms. The van der Waals surface area contributed by atoms with Crippen LogP contribution in [0.25, 0.3) is 0 Å². The molecule has 19 heavy (non-hydrogen) atoms. The molecule has 1 aromatic carbocycles. The van der Waals surface area contributed by atoms with E-state index in [1.807, 2.05) is 4.90 Å². The van der Waals surface area contributed by atoms with Gasteiger partial charge in [0.15, 0.2) is 0 Å². The van der Waals surface area contributed by atoms with Gasteiger partial charge in [0.2, 0.25) is 5.91 Å². The van der Waals surface area contributed by atoms with Gasteiger partial charge in [0.25, 0.3) is 0 Å². The minimum Gasteiger partial charge on any atom is -0.336 e. The molecule has 1 amide bonds. The van der Waals surface area contributed by atoms with Gasteiger partial charge in [0, 0.05) is 19.1 Å². The van der Waals surface area contributed by atoms with Gasteiger partial charge >= 0.3 is 0 Å². The van der Waals surface area contributed by atoms with Gasteiger partial charge in [-0.05, 0) is 49.9 Å². The van der Waals surface area contributed by atoms with Crippen LogP contribution in [0.4, 0.5) is 0 Å². The molecular formula is C16H22N2O. The first-order valence-corrected chi connectivity index (χ1v) is 7.23. The molecule has 0 bridgehead atoms. The zero-order chi connectivity index (χ0) is 13.4. The molecule has 2 saturated heterocycles. The summed E-state index contributed by atoms with van der Waals surface area (Å²) in [7, 11) is 0. The second kappa shape index (κ2) is 4.97. The van der Waals surface area contributed by atoms with E-state index >= 15 is 0 Å². The molecule has 1 N–H and O–H groups in total. The maximum Gasteiger partial charge on any atom is 0.227 e. The van der Waals surface area contributed by atoms with Crippen molar-refractivity contribution >= 4 is 5.91 Å². The number of aryl methyl sites for hydroxylation is 2. The summed E-state index contributed by atoms with van der Waals surface area (Å²) in [6.07, 6.45) is 2.18. The summed E-state index contributed by atoms with van der Waals surface area (Å²) >= 11 is 0. The van der Waals surface area contributed by atoms with Crippen molar-refractivity contribution in [2.24, 2.45) is 5.92 Å². The Labute approximate surface area is 115 Å². The predicted molar refractivity (Wildman–Crippen MR) is 75.8 cm³/mol. The number of nitrogens with zero attached hydrogens (tertiary/aromatic N) is 1. The van der Waals surface area contributed by atoms with Crippen molar-refractivity contribution in [3.63, 3.8) is 0 Å². The van der Waals surface area contributed by atoms with Crippen molar-refractivity contribution in [2.75, 3.05) is 13.1 Å². The Morgan fingerprint density at radius 3 is 2.89 bits per heavy atom. The van der Waals surface area contributed by atoms with E-state index in [4.69, 9.17) is 0 Å². The summed E-state index contributed by atoms with van der Waals surface area (Å²) in [6.45, 7) is 6.95. The zero-order valence-corrected chi connectivity index (χ0v) is 11.8. The molecule has 2 atom stereocenters. The van der Waals surface area contributed by atoms with E-state index in [0.717, 1.165) is 32.5 Å². The van der Waals surface area contributed by atoms with Crippen LogP contribution >= 0.6 is 0 Å². The molecular weight excluding hydrogens is 236 g/mol. The SMILES string of the molecule is Cc1ccc(CN2CC3NCCCC3C2=O)cc1C. The largest absolute Gasteiger partial charge is 0.336 e. The van der Waals surface area contributed by atoms with Gasteiger partial charge in [-0.2, -0.15) is 0 Å². The van der Waals surface area contributed by atoms with E-state index in [1.54, 1.807) is 0 Å². The molecule has 2 aliphatic heterocycles. The van der Waals surface area contributed by atoms with Crippen LogP contribution in [-0.4, -0.2) is 29.9 Å². The first-order chi connectivity index (χ1) is 9.15. The highest BCUT2D eigenvalue weighted by atomic mass is 16.2. The van der Waals surface area contributed by atoms with E-state index in [-0.39, 0.29) is 5.92 Å². The normalized spacial score (nSPS) is 26.6. The fourth-order valence-corrected chi connectivity index (χ4v) is 3.27. The number of carbonyl (C=O) groups excluding carboxylic acids is 1. The van der Waals surface area contributed by atoms with Crippen molar-refractivity contribution < 1.29 is 4.79 Å². The minimum absolute atomic E-state index is 0.222. The molecule has 1 aromatic rings. The second-order valence-corrected chi connectivity index (χ2v) is 5.95. The smallest absolute Gasteiger partial charge is 0.227 e. The van der Waals surface area contributed by atoms with E-state index in [1.165, 1.54) is 16.7 Å². The Bertz CT molecular complexity index is 498. The summed E-state index contributed by atoms with van der Waals surface area (Å²) in [5.74, 6) is 0.565. The Hall–Kier alpha value is -1.35. The molecule has 2 fully saturated rings. The van der Waals surface area contributed by atoms with E-state index in [9.17, 15) is 4.79 Å². The number of benzene rings is 1. The number of amides is 1. The van der Waals surface area contributed by atoms with Crippen molar-refractivity contribution in [3.8, 4) is 0 Å². The average molecular weight is 258 g/mol. The quantitative estimate of drug-likeness (QED) is 0.880. The van der Waals surface area contributed by atoms with Gasteiger partial charge < -0.3 is 10.2 Å². The highest BCUT2D eigenvalue weighted by Gasteiger charge is 2.41. The number of hydrogen-bond acceptors (Lipinski definition) is 2. The summed E-state index contributed by atoms with van der Waals surface area (Å²) in [4.78, 5) is 14.4. The Morgan fingerprint density at radius 1 is 1.32 bits per heavy atom. The van der Waals surface area contributed by atoms with Gasteiger partial charge in [0.05, 0.1) is 5.92 Å². The predicted octanol–water partition coefficient (Wildman–Crippen LogP) is 2.01. The van der Waals surface area contributed by atoms with Crippen molar-refractivity contribution in [3.05, 3.63) is 34.9 Å². The van der Waals surface area contributed by atoms with Crippen LogP contribution in [0.2, 0.25) is 0 Å². The summed E-state index contributed by atoms with van der Waals surface area (Å²) in [5, 5.41) is 3.49. The highest BCUT2D eigenvalue weighted by molar-refractivity contribution is 5.82. The lowest BCUT2D eigenvalue weighted by Gasteiger charge is -2.23. The number of piperidine rings is 1. The monoisotopic (exact) mass is 258 g/mol. The van der Waals surface area contributed by atoms with Crippen LogP contribution in [-0.2, 0) is 11.3 Å². The highest BCUT2D eigenvalue weighted by Crippen LogP contribution is 2.27. The molecule has 3 rings (SSSR count). The molecule has 0 aliphatic carbocycles. The van der Waals surface area contributed by atoms with E-state index in [2.05, 4.69) is 37.4 Å². The van der Waals surface area contributed by atoms with E-state index < -0.39 is 0 Å². The Kier molecular flexibility index (Phi) is 3.31. The Balaban J connectivity index is 1.73. The van der Waals surface area contributed by atoms with Crippen LogP contribution in [0.1, 0.15) is 29.5 Å². The van der Waals surface area contributed by atoms with Crippen LogP contribution in [0.5, 0.6) is 0 Å². The van der Waals surface area contributed by atoms with Crippen molar-refractivity contribution in [1.82, 2.24) is 10.2 Å². The standard InChI is InChI=1S/C16H22N2O/c1-11-5-6-13(8-12(11)2)9-18-10-15-14(16(18)19)4-3-7-17-15/h5-6,8,14-15,17H,3-4,7,9-10H2,1-2H3. The third-order valence-electron chi connectivity index (χ3n) is 4.57. The zero-order valence-electron chi connectivity index (χ0n) is 11.8. The lowest BCUT2D eigenvalue weighted by molar-refractivity contribution is -0.131. The average Bonchev–Trinajstić information content (AvgIpc) is 2.72. The van der Waals surface area contributed by atoms with Gasteiger partial charge in [-0.15, -0.1) is 0 Å². The Morgan fingerprint density at radius 2 is 2.16 bits per heavy atom. The van der Waals surface area contributed by atoms with Crippen molar-refractivity contribution in [1.29, 1.82) is 0 Å². The van der Waals surface area contributed by atoms with Crippen LogP contribution in [0.3, 0.4) is 0 Å². The number of carbonyl (C=O) groups is 1. The molecule has 2 aliphatic rings. The maximum atomic E-state index is 12.4. The summed E-state index contributed by atoms with van der Waals surface area (Å²) in [6, 6.07) is 6.88. The van der Waals surface area contributed by atoms with Gasteiger partial charge in [0.1, 0.15) is 0 Å². The molecule has 0 saturated carbocycles. The summed E-state index contributed by atoms with van der Waals surface area (Å²) < 4.78 is 0. The van der Waals surface area contributed by atoms with Crippen LogP contribution in [0.15, 0.2) is 18.2 Å². The topological polar surface area (TPSA) is 32.3 Å². The van der Waals surface area contributed by atoms with Crippen molar-refractivity contribution in [2.45, 2.75) is 39.3 Å². The fourth-order valence-electron chi connectivity index (χ4n) is 3.27. The number of rotatable bonds is 2. The second-order valence-electron chi connectivity index (χ2n) is 5.95. The van der Waals surface area contributed by atoms with Gasteiger partial charge in [-0.25, -0.2) is 0 Å². The first-order valence-electron chi connectivity index (χ1n) is 7.23. The molecule has 2 heterocycles. The number of fused-ring (bicyclic) bond motifs is 1.